The van der Waals surface area contributed by atoms with Crippen LogP contribution in [0.3, 0.4) is 0 Å². The van der Waals surface area contributed by atoms with Crippen molar-refractivity contribution in [1.82, 2.24) is 19.4 Å². The minimum Gasteiger partial charge on any atom is -0.354 e. The third kappa shape index (κ3) is 3.68. The summed E-state index contributed by atoms with van der Waals surface area (Å²) < 4.78 is 15.9. The number of aryl methyl sites for hydroxylation is 1. The molecule has 0 bridgehead atoms. The van der Waals surface area contributed by atoms with Gasteiger partial charge < -0.3 is 14.8 Å². The Balaban J connectivity index is 1.45. The molecule has 0 saturated carbocycles. The number of halogens is 1. The fourth-order valence-electron chi connectivity index (χ4n) is 3.87. The minimum atomic E-state index is -0.278. The van der Waals surface area contributed by atoms with Crippen LogP contribution < -0.4 is 5.32 Å². The van der Waals surface area contributed by atoms with Crippen LogP contribution in [0.2, 0.25) is 0 Å². The molecule has 0 spiro atoms. The zero-order valence-corrected chi connectivity index (χ0v) is 15.9. The van der Waals surface area contributed by atoms with Crippen molar-refractivity contribution in [2.75, 3.05) is 45.1 Å². The summed E-state index contributed by atoms with van der Waals surface area (Å²) in [5.41, 5.74) is 2.58. The summed E-state index contributed by atoms with van der Waals surface area (Å²) in [6.45, 7) is 4.82. The number of para-hydroxylation sites is 1. The molecule has 0 radical (unpaired) electrons. The highest BCUT2D eigenvalue weighted by Crippen LogP contribution is 2.25. The molecule has 1 saturated heterocycles. The molecule has 1 atom stereocenters. The van der Waals surface area contributed by atoms with E-state index in [4.69, 9.17) is 0 Å². The van der Waals surface area contributed by atoms with Gasteiger partial charge in [0.05, 0.1) is 5.52 Å². The zero-order chi connectivity index (χ0) is 18.8. The van der Waals surface area contributed by atoms with Gasteiger partial charge in [0, 0.05) is 45.8 Å². The van der Waals surface area contributed by atoms with E-state index in [1.807, 2.05) is 17.7 Å². The maximum Gasteiger partial charge on any atom is 0.203 e. The highest BCUT2D eigenvalue weighted by molar-refractivity contribution is 5.79. The summed E-state index contributed by atoms with van der Waals surface area (Å²) >= 11 is 0. The van der Waals surface area contributed by atoms with E-state index in [1.165, 1.54) is 11.6 Å². The molecule has 3 aromatic rings. The first-order valence-electron chi connectivity index (χ1n) is 9.46. The second-order valence-corrected chi connectivity index (χ2v) is 7.25. The molecule has 1 aromatic heterocycles. The van der Waals surface area contributed by atoms with E-state index < -0.39 is 0 Å². The first-order valence-corrected chi connectivity index (χ1v) is 9.46. The number of hydrogen-bond donors (Lipinski definition) is 1. The predicted octanol–water partition coefficient (Wildman–Crippen LogP) is 3.11. The van der Waals surface area contributed by atoms with E-state index in [0.29, 0.717) is 17.5 Å². The van der Waals surface area contributed by atoms with Crippen molar-refractivity contribution in [3.8, 4) is 0 Å². The van der Waals surface area contributed by atoms with Crippen molar-refractivity contribution < 1.29 is 4.39 Å². The highest BCUT2D eigenvalue weighted by Gasteiger charge is 2.26. The number of piperazine rings is 1. The predicted molar refractivity (Wildman–Crippen MR) is 107 cm³/mol. The number of benzene rings is 2. The van der Waals surface area contributed by atoms with Gasteiger partial charge in [-0.1, -0.05) is 36.4 Å². The van der Waals surface area contributed by atoms with Crippen LogP contribution in [0, 0.1) is 5.82 Å². The van der Waals surface area contributed by atoms with Gasteiger partial charge in [-0.2, -0.15) is 0 Å². The maximum atomic E-state index is 14.0. The summed E-state index contributed by atoms with van der Waals surface area (Å²) in [7, 11) is 4.10. The van der Waals surface area contributed by atoms with Crippen LogP contribution in [0.5, 0.6) is 0 Å². The fraction of sp³-hybridized carbons (Fsp3) is 0.381. The van der Waals surface area contributed by atoms with Gasteiger partial charge in [0.1, 0.15) is 5.52 Å². The van der Waals surface area contributed by atoms with Crippen LogP contribution in [0.25, 0.3) is 11.0 Å². The average Bonchev–Trinajstić information content (AvgIpc) is 3.01. The van der Waals surface area contributed by atoms with Gasteiger partial charge in [0.25, 0.3) is 0 Å². The summed E-state index contributed by atoms with van der Waals surface area (Å²) in [5.74, 6) is 0.430. The number of anilines is 1. The van der Waals surface area contributed by atoms with Crippen LogP contribution in [0.1, 0.15) is 11.6 Å². The molecular formula is C21H26FN5. The molecule has 142 valence electrons. The Hall–Kier alpha value is -2.44. The molecule has 4 rings (SSSR count). The van der Waals surface area contributed by atoms with E-state index in [-0.39, 0.29) is 5.82 Å². The number of nitrogens with one attached hydrogen (secondary N) is 1. The number of rotatable bonds is 5. The molecule has 0 amide bonds. The van der Waals surface area contributed by atoms with E-state index in [1.54, 1.807) is 6.07 Å². The lowest BCUT2D eigenvalue weighted by Gasteiger charge is -2.40. The van der Waals surface area contributed by atoms with Crippen molar-refractivity contribution in [2.24, 2.45) is 7.05 Å². The Morgan fingerprint density at radius 2 is 1.89 bits per heavy atom. The van der Waals surface area contributed by atoms with Crippen molar-refractivity contribution in [2.45, 2.75) is 6.04 Å². The Kier molecular flexibility index (Phi) is 5.09. The van der Waals surface area contributed by atoms with E-state index in [2.05, 4.69) is 57.5 Å². The molecule has 5 nitrogen and oxygen atoms in total. The number of hydrogen-bond acceptors (Lipinski definition) is 4. The first-order chi connectivity index (χ1) is 13.1. The Morgan fingerprint density at radius 3 is 2.67 bits per heavy atom. The Bertz CT molecular complexity index is 908. The van der Waals surface area contributed by atoms with E-state index in [9.17, 15) is 4.39 Å². The third-order valence-electron chi connectivity index (χ3n) is 5.42. The minimum absolute atomic E-state index is 0.278. The summed E-state index contributed by atoms with van der Waals surface area (Å²) in [4.78, 5) is 9.34. The highest BCUT2D eigenvalue weighted by atomic mass is 19.1. The lowest BCUT2D eigenvalue weighted by atomic mass is 10.0. The van der Waals surface area contributed by atoms with Crippen molar-refractivity contribution >= 4 is 17.0 Å². The van der Waals surface area contributed by atoms with E-state index >= 15 is 0 Å². The van der Waals surface area contributed by atoms with E-state index in [0.717, 1.165) is 38.2 Å². The molecule has 1 fully saturated rings. The standard InChI is InChI=1S/C21H26FN5/c1-25-13-14-27(19(15-25)16-7-4-3-5-8-16)12-11-23-21-24-20-17(22)9-6-10-18(20)26(21)2/h3-10,19H,11-15H2,1-2H3,(H,23,24). The zero-order valence-electron chi connectivity index (χ0n) is 15.9. The van der Waals surface area contributed by atoms with Gasteiger partial charge >= 0.3 is 0 Å². The largest absolute Gasteiger partial charge is 0.354 e. The van der Waals surface area contributed by atoms with Crippen LogP contribution in [0.4, 0.5) is 10.3 Å². The van der Waals surface area contributed by atoms with Crippen molar-refractivity contribution in [1.29, 1.82) is 0 Å². The van der Waals surface area contributed by atoms with Gasteiger partial charge in [0.2, 0.25) is 5.95 Å². The molecule has 2 aromatic carbocycles. The summed E-state index contributed by atoms with van der Waals surface area (Å²) in [5, 5.41) is 3.39. The van der Waals surface area contributed by atoms with Crippen LogP contribution in [-0.2, 0) is 7.05 Å². The molecule has 27 heavy (non-hydrogen) atoms. The summed E-state index contributed by atoms with van der Waals surface area (Å²) in [6.07, 6.45) is 0. The third-order valence-corrected chi connectivity index (χ3v) is 5.42. The number of imidazole rings is 1. The second-order valence-electron chi connectivity index (χ2n) is 7.25. The second kappa shape index (κ2) is 7.66. The first kappa shape index (κ1) is 17.9. The lowest BCUT2D eigenvalue weighted by Crippen LogP contribution is -2.48. The fourth-order valence-corrected chi connectivity index (χ4v) is 3.87. The topological polar surface area (TPSA) is 36.3 Å². The van der Waals surface area contributed by atoms with Gasteiger partial charge in [-0.3, -0.25) is 4.90 Å². The number of nitrogens with zero attached hydrogens (tertiary/aromatic N) is 4. The van der Waals surface area contributed by atoms with Gasteiger partial charge in [-0.15, -0.1) is 0 Å². The molecule has 2 heterocycles. The van der Waals surface area contributed by atoms with Crippen molar-refractivity contribution in [3.05, 3.63) is 59.9 Å². The van der Waals surface area contributed by atoms with Gasteiger partial charge in [-0.05, 0) is 24.7 Å². The monoisotopic (exact) mass is 367 g/mol. The molecule has 0 aliphatic carbocycles. The smallest absolute Gasteiger partial charge is 0.203 e. The Labute approximate surface area is 159 Å². The average molecular weight is 367 g/mol. The molecule has 1 N–H and O–H groups in total. The van der Waals surface area contributed by atoms with Crippen molar-refractivity contribution in [3.63, 3.8) is 0 Å². The molecule has 1 aliphatic rings. The molecular weight excluding hydrogens is 341 g/mol. The molecule has 1 aliphatic heterocycles. The number of fused-ring (bicyclic) bond motifs is 1. The number of likely N-dealkylation sites (N-methyl/N-ethyl adjacent to an activating group) is 1. The maximum absolute atomic E-state index is 14.0. The Morgan fingerprint density at radius 1 is 1.07 bits per heavy atom. The van der Waals surface area contributed by atoms with Crippen LogP contribution >= 0.6 is 0 Å². The summed E-state index contributed by atoms with van der Waals surface area (Å²) in [6, 6.07) is 16.1. The van der Waals surface area contributed by atoms with Gasteiger partial charge in [0.15, 0.2) is 5.82 Å². The van der Waals surface area contributed by atoms with Crippen LogP contribution in [-0.4, -0.2) is 59.1 Å². The quantitative estimate of drug-likeness (QED) is 0.752. The SMILES string of the molecule is CN1CCN(CCNc2nc3c(F)cccc3n2C)C(c2ccccc2)C1. The molecule has 1 unspecified atom stereocenters. The molecule has 6 heteroatoms. The lowest BCUT2D eigenvalue weighted by molar-refractivity contribution is 0.0937. The normalized spacial score (nSPS) is 18.9. The van der Waals surface area contributed by atoms with Crippen LogP contribution in [0.15, 0.2) is 48.5 Å². The van der Waals surface area contributed by atoms with Gasteiger partial charge in [-0.25, -0.2) is 9.37 Å². The number of aromatic nitrogens is 2.